The molecule has 0 fully saturated rings. The molecule has 0 bridgehead atoms. The molecule has 0 aliphatic heterocycles. The fourth-order valence-corrected chi connectivity index (χ4v) is 7.05. The molecule has 0 aliphatic rings. The van der Waals surface area contributed by atoms with E-state index < -0.39 is 0 Å². The molecule has 8 aromatic carbocycles. The van der Waals surface area contributed by atoms with E-state index in [1.165, 1.54) is 54.8 Å². The molecule has 0 N–H and O–H groups in total. The zero-order chi connectivity index (χ0) is 31.9. The summed E-state index contributed by atoms with van der Waals surface area (Å²) in [5.41, 5.74) is 11.7. The largest absolute Gasteiger partial charge is 0.310 e. The van der Waals surface area contributed by atoms with E-state index in [1.807, 2.05) is 0 Å². The van der Waals surface area contributed by atoms with Crippen molar-refractivity contribution in [1.82, 2.24) is 4.57 Å². The highest BCUT2D eigenvalue weighted by atomic mass is 15.1. The Bertz CT molecular complexity index is 2510. The van der Waals surface area contributed by atoms with Gasteiger partial charge in [-0.1, -0.05) is 133 Å². The van der Waals surface area contributed by atoms with Crippen molar-refractivity contribution in [2.75, 3.05) is 4.90 Å². The standard InChI is InChI=1S/C46H32N2/c1-2-12-33(13-3-1)35-24-27-39(28-25-35)47(42-29-26-34-14-4-5-15-36(34)30-42)40-18-10-16-37(31-40)38-17-11-19-41(32-38)48-45-22-8-6-20-43(45)44-21-7-9-23-46(44)48/h1-32H. The third kappa shape index (κ3) is 4.92. The molecule has 48 heavy (non-hydrogen) atoms. The third-order valence-corrected chi connectivity index (χ3v) is 9.35. The maximum Gasteiger partial charge on any atom is 0.0541 e. The van der Waals surface area contributed by atoms with Crippen LogP contribution in [0, 0.1) is 0 Å². The van der Waals surface area contributed by atoms with Crippen LogP contribution in [0.4, 0.5) is 17.1 Å². The first-order chi connectivity index (χ1) is 23.8. The predicted molar refractivity (Wildman–Crippen MR) is 204 cm³/mol. The second-order valence-electron chi connectivity index (χ2n) is 12.3. The first-order valence-corrected chi connectivity index (χ1v) is 16.4. The first kappa shape index (κ1) is 27.9. The molecule has 2 heteroatoms. The molecular weight excluding hydrogens is 581 g/mol. The van der Waals surface area contributed by atoms with Gasteiger partial charge in [0, 0.05) is 33.5 Å². The van der Waals surface area contributed by atoms with Crippen molar-refractivity contribution in [2.45, 2.75) is 0 Å². The SMILES string of the molecule is c1ccc(-c2ccc(N(c3cccc(-c4cccc(-n5c6ccccc6c6ccccc65)c4)c3)c3ccc4ccccc4c3)cc2)cc1. The molecule has 0 saturated carbocycles. The fourth-order valence-electron chi connectivity index (χ4n) is 7.05. The minimum atomic E-state index is 1.11. The van der Waals surface area contributed by atoms with Crippen molar-refractivity contribution < 1.29 is 0 Å². The van der Waals surface area contributed by atoms with Gasteiger partial charge < -0.3 is 9.47 Å². The molecule has 1 aromatic heterocycles. The molecule has 2 nitrogen and oxygen atoms in total. The van der Waals surface area contributed by atoms with Gasteiger partial charge in [-0.3, -0.25) is 0 Å². The first-order valence-electron chi connectivity index (χ1n) is 16.4. The van der Waals surface area contributed by atoms with Gasteiger partial charge in [0.15, 0.2) is 0 Å². The number of benzene rings is 8. The summed E-state index contributed by atoms with van der Waals surface area (Å²) >= 11 is 0. The van der Waals surface area contributed by atoms with Crippen LogP contribution in [0.5, 0.6) is 0 Å². The number of aromatic nitrogens is 1. The van der Waals surface area contributed by atoms with Crippen LogP contribution < -0.4 is 4.90 Å². The summed E-state index contributed by atoms with van der Waals surface area (Å²) in [5.74, 6) is 0. The van der Waals surface area contributed by atoms with Crippen molar-refractivity contribution in [1.29, 1.82) is 0 Å². The summed E-state index contributed by atoms with van der Waals surface area (Å²) in [4.78, 5) is 2.36. The number of anilines is 3. The van der Waals surface area contributed by atoms with E-state index in [9.17, 15) is 0 Å². The van der Waals surface area contributed by atoms with Crippen molar-refractivity contribution >= 4 is 49.6 Å². The molecule has 0 aliphatic carbocycles. The maximum atomic E-state index is 2.38. The minimum absolute atomic E-state index is 1.11. The van der Waals surface area contributed by atoms with Crippen LogP contribution in [0.3, 0.4) is 0 Å². The highest BCUT2D eigenvalue weighted by Crippen LogP contribution is 2.39. The average Bonchev–Trinajstić information content (AvgIpc) is 3.50. The van der Waals surface area contributed by atoms with Crippen molar-refractivity contribution in [3.63, 3.8) is 0 Å². The second kappa shape index (κ2) is 11.8. The summed E-state index contributed by atoms with van der Waals surface area (Å²) in [6, 6.07) is 69.9. The number of fused-ring (bicyclic) bond motifs is 4. The van der Waals surface area contributed by atoms with Crippen molar-refractivity contribution in [3.05, 3.63) is 194 Å². The van der Waals surface area contributed by atoms with Gasteiger partial charge in [0.2, 0.25) is 0 Å². The van der Waals surface area contributed by atoms with Gasteiger partial charge in [0.1, 0.15) is 0 Å². The Hall–Kier alpha value is -6.38. The van der Waals surface area contributed by atoms with Gasteiger partial charge in [-0.2, -0.15) is 0 Å². The van der Waals surface area contributed by atoms with Gasteiger partial charge >= 0.3 is 0 Å². The number of hydrogen-bond acceptors (Lipinski definition) is 1. The molecule has 9 rings (SSSR count). The van der Waals surface area contributed by atoms with Gasteiger partial charge in [-0.15, -0.1) is 0 Å². The fraction of sp³-hybridized carbons (Fsp3) is 0. The highest BCUT2D eigenvalue weighted by molar-refractivity contribution is 6.09. The monoisotopic (exact) mass is 612 g/mol. The Labute approximate surface area is 280 Å². The summed E-state index contributed by atoms with van der Waals surface area (Å²) in [5, 5.41) is 4.99. The van der Waals surface area contributed by atoms with E-state index >= 15 is 0 Å². The quantitative estimate of drug-likeness (QED) is 0.181. The van der Waals surface area contributed by atoms with Crippen LogP contribution in [-0.2, 0) is 0 Å². The van der Waals surface area contributed by atoms with Crippen molar-refractivity contribution in [2.24, 2.45) is 0 Å². The van der Waals surface area contributed by atoms with Crippen LogP contribution in [0.1, 0.15) is 0 Å². The smallest absolute Gasteiger partial charge is 0.0541 e. The molecular formula is C46H32N2. The Balaban J connectivity index is 1.16. The number of nitrogens with zero attached hydrogens (tertiary/aromatic N) is 2. The van der Waals surface area contributed by atoms with Gasteiger partial charge in [-0.25, -0.2) is 0 Å². The molecule has 226 valence electrons. The van der Waals surface area contributed by atoms with Crippen LogP contribution in [0.25, 0.3) is 60.5 Å². The lowest BCUT2D eigenvalue weighted by Crippen LogP contribution is -2.10. The summed E-state index contributed by atoms with van der Waals surface area (Å²) in [7, 11) is 0. The molecule has 0 amide bonds. The number of rotatable bonds is 6. The Morgan fingerprint density at radius 1 is 0.312 bits per heavy atom. The lowest BCUT2D eigenvalue weighted by Gasteiger charge is -2.26. The van der Waals surface area contributed by atoms with E-state index in [0.717, 1.165) is 22.7 Å². The molecule has 9 aromatic rings. The average molecular weight is 613 g/mol. The lowest BCUT2D eigenvalue weighted by atomic mass is 10.0. The van der Waals surface area contributed by atoms with Crippen LogP contribution >= 0.6 is 0 Å². The number of para-hydroxylation sites is 2. The van der Waals surface area contributed by atoms with Gasteiger partial charge in [0.25, 0.3) is 0 Å². The Morgan fingerprint density at radius 2 is 0.854 bits per heavy atom. The summed E-state index contributed by atoms with van der Waals surface area (Å²) < 4.78 is 2.38. The van der Waals surface area contributed by atoms with Gasteiger partial charge in [-0.05, 0) is 93.7 Å². The van der Waals surface area contributed by atoms with Crippen LogP contribution in [0.2, 0.25) is 0 Å². The molecule has 0 unspecified atom stereocenters. The van der Waals surface area contributed by atoms with E-state index in [1.54, 1.807) is 0 Å². The predicted octanol–water partition coefficient (Wildman–Crippen LogP) is 12.7. The number of hydrogen-bond donors (Lipinski definition) is 0. The minimum Gasteiger partial charge on any atom is -0.310 e. The molecule has 1 heterocycles. The molecule has 0 saturated heterocycles. The topological polar surface area (TPSA) is 8.17 Å². The van der Waals surface area contributed by atoms with Crippen LogP contribution in [0.15, 0.2) is 194 Å². The Kier molecular flexibility index (Phi) is 6.84. The van der Waals surface area contributed by atoms with Crippen LogP contribution in [-0.4, -0.2) is 4.57 Å². The molecule has 0 atom stereocenters. The second-order valence-corrected chi connectivity index (χ2v) is 12.3. The third-order valence-electron chi connectivity index (χ3n) is 9.35. The normalized spacial score (nSPS) is 11.3. The van der Waals surface area contributed by atoms with E-state index in [-0.39, 0.29) is 0 Å². The van der Waals surface area contributed by atoms with E-state index in [2.05, 4.69) is 204 Å². The van der Waals surface area contributed by atoms with Gasteiger partial charge in [0.05, 0.1) is 11.0 Å². The summed E-state index contributed by atoms with van der Waals surface area (Å²) in [6.45, 7) is 0. The molecule has 0 spiro atoms. The Morgan fingerprint density at radius 3 is 1.60 bits per heavy atom. The lowest BCUT2D eigenvalue weighted by molar-refractivity contribution is 1.18. The summed E-state index contributed by atoms with van der Waals surface area (Å²) in [6.07, 6.45) is 0. The van der Waals surface area contributed by atoms with Crippen molar-refractivity contribution in [3.8, 4) is 27.9 Å². The molecule has 0 radical (unpaired) electrons. The van der Waals surface area contributed by atoms with E-state index in [0.29, 0.717) is 0 Å². The van der Waals surface area contributed by atoms with E-state index in [4.69, 9.17) is 0 Å². The maximum absolute atomic E-state index is 2.38. The highest BCUT2D eigenvalue weighted by Gasteiger charge is 2.16. The zero-order valence-corrected chi connectivity index (χ0v) is 26.4. The zero-order valence-electron chi connectivity index (χ0n) is 26.4.